The van der Waals surface area contributed by atoms with Crippen molar-refractivity contribution in [3.05, 3.63) is 72.3 Å². The summed E-state index contributed by atoms with van der Waals surface area (Å²) >= 11 is 5.71. The van der Waals surface area contributed by atoms with Gasteiger partial charge in [-0.3, -0.25) is 9.71 Å². The lowest BCUT2D eigenvalue weighted by molar-refractivity contribution is 0.417. The lowest BCUT2D eigenvalue weighted by atomic mass is 9.98. The molecule has 10 heteroatoms. The normalized spacial score (nSPS) is 18.7. The van der Waals surface area contributed by atoms with E-state index >= 15 is 0 Å². The summed E-state index contributed by atoms with van der Waals surface area (Å²) in [6, 6.07) is 12.8. The van der Waals surface area contributed by atoms with Gasteiger partial charge in [0.1, 0.15) is 5.75 Å². The number of anilines is 2. The second-order valence-electron chi connectivity index (χ2n) is 7.37. The lowest BCUT2D eigenvalue weighted by Crippen LogP contribution is -2.29. The molecule has 31 heavy (non-hydrogen) atoms. The second kappa shape index (κ2) is 8.20. The minimum Gasteiger partial charge on any atom is -0.495 e. The monoisotopic (exact) mass is 457 g/mol. The van der Waals surface area contributed by atoms with Gasteiger partial charge in [0.05, 0.1) is 36.8 Å². The first-order valence-electron chi connectivity index (χ1n) is 9.55. The minimum atomic E-state index is -3.49. The number of rotatable bonds is 6. The van der Waals surface area contributed by atoms with Crippen molar-refractivity contribution in [2.24, 2.45) is 7.05 Å². The number of ether oxygens (including phenoxy) is 1. The topological polar surface area (TPSA) is 88.5 Å². The number of sulfonamides is 1. The molecule has 1 aliphatic rings. The van der Waals surface area contributed by atoms with Gasteiger partial charge in [0.25, 0.3) is 0 Å². The van der Waals surface area contributed by atoms with E-state index in [-0.39, 0.29) is 12.1 Å². The van der Waals surface area contributed by atoms with Crippen LogP contribution in [0.4, 0.5) is 11.4 Å². The number of nitrogens with zero attached hydrogens (tertiary/aromatic N) is 3. The van der Waals surface area contributed by atoms with Gasteiger partial charge in [-0.15, -0.1) is 0 Å². The average Bonchev–Trinajstić information content (AvgIpc) is 3.30. The molecule has 162 valence electrons. The summed E-state index contributed by atoms with van der Waals surface area (Å²) < 4.78 is 33.6. The highest BCUT2D eigenvalue weighted by atomic mass is 32.2. The van der Waals surface area contributed by atoms with Gasteiger partial charge in [0, 0.05) is 31.3 Å². The van der Waals surface area contributed by atoms with Crippen molar-refractivity contribution in [3.63, 3.8) is 0 Å². The third kappa shape index (κ3) is 4.35. The summed E-state index contributed by atoms with van der Waals surface area (Å²) in [6.45, 7) is 0. The lowest BCUT2D eigenvalue weighted by Gasteiger charge is -2.28. The number of hydrogen-bond acceptors (Lipinski definition) is 5. The number of hydrogen-bond donors (Lipinski definition) is 2. The number of pyridine rings is 1. The van der Waals surface area contributed by atoms with Crippen molar-refractivity contribution >= 4 is 38.7 Å². The quantitative estimate of drug-likeness (QED) is 0.550. The Morgan fingerprint density at radius 1 is 1.23 bits per heavy atom. The molecule has 0 aliphatic carbocycles. The minimum absolute atomic E-state index is 0.176. The highest BCUT2D eigenvalue weighted by Crippen LogP contribution is 2.43. The molecule has 0 bridgehead atoms. The van der Waals surface area contributed by atoms with Crippen molar-refractivity contribution in [1.29, 1.82) is 0 Å². The fourth-order valence-electron chi connectivity index (χ4n) is 3.80. The maximum Gasteiger partial charge on any atom is 0.229 e. The van der Waals surface area contributed by atoms with Gasteiger partial charge < -0.3 is 19.5 Å². The molecular weight excluding hydrogens is 434 g/mol. The maximum absolute atomic E-state index is 11.9. The summed E-state index contributed by atoms with van der Waals surface area (Å²) in [5.41, 5.74) is 3.00. The molecule has 1 aliphatic heterocycles. The number of thiocarbonyl (C=S) groups is 1. The Balaban J connectivity index is 1.82. The van der Waals surface area contributed by atoms with E-state index in [1.807, 2.05) is 59.2 Å². The summed E-state index contributed by atoms with van der Waals surface area (Å²) in [7, 11) is -0.0315. The summed E-state index contributed by atoms with van der Waals surface area (Å²) in [5, 5.41) is 3.92. The van der Waals surface area contributed by atoms with Crippen LogP contribution in [-0.2, 0) is 17.1 Å². The van der Waals surface area contributed by atoms with E-state index in [0.29, 0.717) is 16.5 Å². The fourth-order valence-corrected chi connectivity index (χ4v) is 4.70. The van der Waals surface area contributed by atoms with Crippen LogP contribution in [0.2, 0.25) is 0 Å². The molecule has 2 aromatic heterocycles. The first kappa shape index (κ1) is 21.1. The molecule has 0 spiro atoms. The van der Waals surface area contributed by atoms with E-state index in [2.05, 4.69) is 15.0 Å². The molecule has 0 amide bonds. The van der Waals surface area contributed by atoms with Gasteiger partial charge in [-0.2, -0.15) is 0 Å². The van der Waals surface area contributed by atoms with Gasteiger partial charge in [-0.1, -0.05) is 6.07 Å². The van der Waals surface area contributed by atoms with Crippen molar-refractivity contribution in [1.82, 2.24) is 14.9 Å². The van der Waals surface area contributed by atoms with E-state index in [4.69, 9.17) is 17.0 Å². The third-order valence-electron chi connectivity index (χ3n) is 5.05. The van der Waals surface area contributed by atoms with E-state index in [9.17, 15) is 8.42 Å². The zero-order chi connectivity index (χ0) is 22.2. The molecule has 3 aromatic rings. The molecule has 0 unspecified atom stereocenters. The molecule has 0 radical (unpaired) electrons. The fraction of sp³-hybridized carbons (Fsp3) is 0.238. The number of benzene rings is 1. The van der Waals surface area contributed by atoms with Crippen molar-refractivity contribution < 1.29 is 13.2 Å². The molecule has 4 rings (SSSR count). The van der Waals surface area contributed by atoms with Crippen LogP contribution in [0.5, 0.6) is 5.75 Å². The predicted octanol–water partition coefficient (Wildman–Crippen LogP) is 2.98. The van der Waals surface area contributed by atoms with E-state index in [0.717, 1.165) is 23.2 Å². The summed E-state index contributed by atoms with van der Waals surface area (Å²) in [6.07, 6.45) is 6.88. The molecule has 1 aromatic carbocycles. The summed E-state index contributed by atoms with van der Waals surface area (Å²) in [4.78, 5) is 6.52. The van der Waals surface area contributed by atoms with Crippen LogP contribution in [0, 0.1) is 0 Å². The largest absolute Gasteiger partial charge is 0.495 e. The average molecular weight is 458 g/mol. The first-order valence-corrected chi connectivity index (χ1v) is 11.8. The molecule has 3 heterocycles. The van der Waals surface area contributed by atoms with Crippen molar-refractivity contribution in [3.8, 4) is 5.75 Å². The van der Waals surface area contributed by atoms with Crippen LogP contribution in [-0.4, -0.2) is 36.4 Å². The highest BCUT2D eigenvalue weighted by Gasteiger charge is 2.41. The number of nitrogens with one attached hydrogen (secondary N) is 2. The van der Waals surface area contributed by atoms with Gasteiger partial charge in [-0.25, -0.2) is 8.42 Å². The molecule has 2 atom stereocenters. The standard InChI is InChI=1S/C21H23N5O3S2/c1-25-11-9-14(13-25)20-19(16-6-4-5-10-22-16)23-21(30)26(20)15-7-8-18(29-2)17(12-15)24-31(3,27)28/h4-13,19-20,24H,1-3H3,(H,23,30)/t19-,20+/m0/s1. The van der Waals surface area contributed by atoms with E-state index in [1.165, 1.54) is 7.11 Å². The Hall–Kier alpha value is -3.11. The van der Waals surface area contributed by atoms with Gasteiger partial charge in [0.15, 0.2) is 5.11 Å². The number of aryl methyl sites for hydroxylation is 1. The summed E-state index contributed by atoms with van der Waals surface area (Å²) in [5.74, 6) is 0.421. The zero-order valence-electron chi connectivity index (χ0n) is 17.3. The van der Waals surface area contributed by atoms with Crippen molar-refractivity contribution in [2.45, 2.75) is 12.1 Å². The van der Waals surface area contributed by atoms with Crippen molar-refractivity contribution in [2.75, 3.05) is 23.0 Å². The Bertz CT molecular complexity index is 1210. The predicted molar refractivity (Wildman–Crippen MR) is 125 cm³/mol. The highest BCUT2D eigenvalue weighted by molar-refractivity contribution is 7.92. The van der Waals surface area contributed by atoms with Crippen LogP contribution < -0.4 is 19.7 Å². The first-order chi connectivity index (χ1) is 14.8. The molecule has 0 saturated carbocycles. The number of methoxy groups -OCH3 is 1. The van der Waals surface area contributed by atoms with Gasteiger partial charge in [0.2, 0.25) is 10.0 Å². The molecule has 1 fully saturated rings. The zero-order valence-corrected chi connectivity index (χ0v) is 18.9. The van der Waals surface area contributed by atoms with Crippen LogP contribution in [0.1, 0.15) is 23.3 Å². The molecular formula is C21H23N5O3S2. The Morgan fingerprint density at radius 3 is 2.65 bits per heavy atom. The van der Waals surface area contributed by atoms with Crippen LogP contribution in [0.15, 0.2) is 61.1 Å². The Kier molecular flexibility index (Phi) is 5.59. The van der Waals surface area contributed by atoms with E-state index in [1.54, 1.807) is 18.3 Å². The van der Waals surface area contributed by atoms with Gasteiger partial charge in [-0.05, 0) is 54.2 Å². The molecule has 1 saturated heterocycles. The van der Waals surface area contributed by atoms with Crippen LogP contribution in [0.25, 0.3) is 0 Å². The molecule has 2 N–H and O–H groups in total. The van der Waals surface area contributed by atoms with E-state index < -0.39 is 10.0 Å². The smallest absolute Gasteiger partial charge is 0.229 e. The number of aromatic nitrogens is 2. The SMILES string of the molecule is COc1ccc(N2C(=S)N[C@@H](c3ccccn3)[C@H]2c2ccn(C)c2)cc1NS(C)(=O)=O. The van der Waals surface area contributed by atoms with Gasteiger partial charge >= 0.3 is 0 Å². The molecule has 8 nitrogen and oxygen atoms in total. The Morgan fingerprint density at radius 2 is 2.03 bits per heavy atom. The van der Waals surface area contributed by atoms with Crippen LogP contribution in [0.3, 0.4) is 0 Å². The van der Waals surface area contributed by atoms with Crippen LogP contribution >= 0.6 is 12.2 Å². The second-order valence-corrected chi connectivity index (χ2v) is 9.50. The Labute approximate surface area is 186 Å². The third-order valence-corrected chi connectivity index (χ3v) is 5.96. The maximum atomic E-state index is 11.9.